The zero-order valence-electron chi connectivity index (χ0n) is 16.8. The van der Waals surface area contributed by atoms with Crippen molar-refractivity contribution >= 4 is 11.8 Å². The molecule has 2 atom stereocenters. The van der Waals surface area contributed by atoms with Crippen molar-refractivity contribution in [3.63, 3.8) is 0 Å². The monoisotopic (exact) mass is 370 g/mol. The summed E-state index contributed by atoms with van der Waals surface area (Å²) in [5.74, 6) is 1.12. The van der Waals surface area contributed by atoms with Gasteiger partial charge in [-0.1, -0.05) is 49.9 Å². The summed E-state index contributed by atoms with van der Waals surface area (Å²) in [6.07, 6.45) is 12.3. The van der Waals surface area contributed by atoms with E-state index in [0.29, 0.717) is 18.1 Å². The van der Waals surface area contributed by atoms with Gasteiger partial charge in [-0.3, -0.25) is 9.59 Å². The van der Waals surface area contributed by atoms with Crippen molar-refractivity contribution in [2.24, 2.45) is 5.92 Å². The van der Waals surface area contributed by atoms with E-state index in [1.165, 1.54) is 37.7 Å². The Labute approximate surface area is 163 Å². The second-order valence-electron chi connectivity index (χ2n) is 8.43. The number of carbonyl (C=O) groups excluding carboxylic acids is 2. The van der Waals surface area contributed by atoms with Gasteiger partial charge in [0.2, 0.25) is 0 Å². The highest BCUT2D eigenvalue weighted by Gasteiger charge is 2.22. The molecule has 0 saturated heterocycles. The lowest BCUT2D eigenvalue weighted by Gasteiger charge is -2.22. The van der Waals surface area contributed by atoms with Crippen molar-refractivity contribution in [2.75, 3.05) is 0 Å². The van der Waals surface area contributed by atoms with Gasteiger partial charge < -0.3 is 4.74 Å². The number of ether oxygens (including phenoxy) is 1. The maximum atomic E-state index is 12.2. The first kappa shape index (κ1) is 20.1. The second-order valence-corrected chi connectivity index (χ2v) is 8.43. The van der Waals surface area contributed by atoms with Crippen LogP contribution in [0.2, 0.25) is 0 Å². The number of benzene rings is 1. The maximum Gasteiger partial charge on any atom is 0.306 e. The Morgan fingerprint density at radius 3 is 2.44 bits per heavy atom. The van der Waals surface area contributed by atoms with Crippen molar-refractivity contribution in [1.82, 2.24) is 0 Å². The molecule has 2 aliphatic carbocycles. The Kier molecular flexibility index (Phi) is 7.49. The Morgan fingerprint density at radius 1 is 1.04 bits per heavy atom. The Morgan fingerprint density at radius 2 is 1.74 bits per heavy atom. The summed E-state index contributed by atoms with van der Waals surface area (Å²) in [4.78, 5) is 24.0. The van der Waals surface area contributed by atoms with Crippen LogP contribution >= 0.6 is 0 Å². The average molecular weight is 371 g/mol. The molecular weight excluding hydrogens is 336 g/mol. The molecule has 1 aromatic carbocycles. The van der Waals surface area contributed by atoms with Gasteiger partial charge in [0, 0.05) is 18.8 Å². The Hall–Kier alpha value is -1.64. The summed E-state index contributed by atoms with van der Waals surface area (Å²) in [6, 6.07) is 8.65. The van der Waals surface area contributed by atoms with Crippen LogP contribution in [-0.2, 0) is 14.3 Å². The third-order valence-electron chi connectivity index (χ3n) is 6.41. The van der Waals surface area contributed by atoms with Gasteiger partial charge in [0.1, 0.15) is 11.9 Å². The lowest BCUT2D eigenvalue weighted by molar-refractivity contribution is -0.149. The van der Waals surface area contributed by atoms with Crippen LogP contribution in [0, 0.1) is 5.92 Å². The molecule has 27 heavy (non-hydrogen) atoms. The molecule has 3 heteroatoms. The third kappa shape index (κ3) is 5.92. The summed E-state index contributed by atoms with van der Waals surface area (Å²) in [6.45, 7) is 1.94. The SMILES string of the molecule is CC(OC(=O)CCC[C@H]1CCCCC1=O)c1ccc(C2CCCCC2)cc1. The van der Waals surface area contributed by atoms with E-state index in [2.05, 4.69) is 24.3 Å². The number of rotatable bonds is 7. The fourth-order valence-corrected chi connectivity index (χ4v) is 4.65. The number of hydrogen-bond acceptors (Lipinski definition) is 3. The number of esters is 1. The normalized spacial score (nSPS) is 22.4. The quantitative estimate of drug-likeness (QED) is 0.531. The molecule has 3 rings (SSSR count). The molecule has 0 heterocycles. The van der Waals surface area contributed by atoms with Gasteiger partial charge >= 0.3 is 5.97 Å². The molecule has 148 valence electrons. The lowest BCUT2D eigenvalue weighted by atomic mass is 9.84. The smallest absolute Gasteiger partial charge is 0.306 e. The molecule has 0 bridgehead atoms. The largest absolute Gasteiger partial charge is 0.458 e. The molecule has 2 fully saturated rings. The number of hydrogen-bond donors (Lipinski definition) is 0. The first-order valence-electron chi connectivity index (χ1n) is 11.0. The van der Waals surface area contributed by atoms with Crippen molar-refractivity contribution in [2.45, 2.75) is 96.0 Å². The predicted octanol–water partition coefficient (Wildman–Crippen LogP) is 6.27. The highest BCUT2D eigenvalue weighted by Crippen LogP contribution is 2.33. The molecular formula is C24H34O3. The first-order chi connectivity index (χ1) is 13.1. The fourth-order valence-electron chi connectivity index (χ4n) is 4.65. The predicted molar refractivity (Wildman–Crippen MR) is 108 cm³/mol. The maximum absolute atomic E-state index is 12.2. The van der Waals surface area contributed by atoms with Gasteiger partial charge in [0.15, 0.2) is 0 Å². The van der Waals surface area contributed by atoms with Crippen LogP contribution in [0.3, 0.4) is 0 Å². The van der Waals surface area contributed by atoms with Gasteiger partial charge in [-0.25, -0.2) is 0 Å². The molecule has 2 aliphatic rings. The van der Waals surface area contributed by atoms with Crippen LogP contribution in [0.5, 0.6) is 0 Å². The molecule has 0 spiro atoms. The minimum absolute atomic E-state index is 0.151. The average Bonchev–Trinajstić information content (AvgIpc) is 2.70. The minimum Gasteiger partial charge on any atom is -0.458 e. The van der Waals surface area contributed by atoms with Gasteiger partial charge in [-0.2, -0.15) is 0 Å². The second kappa shape index (κ2) is 10.1. The highest BCUT2D eigenvalue weighted by molar-refractivity contribution is 5.81. The zero-order valence-corrected chi connectivity index (χ0v) is 16.8. The van der Waals surface area contributed by atoms with Crippen molar-refractivity contribution < 1.29 is 14.3 Å². The molecule has 0 aliphatic heterocycles. The van der Waals surface area contributed by atoms with Crippen LogP contribution in [-0.4, -0.2) is 11.8 Å². The van der Waals surface area contributed by atoms with E-state index < -0.39 is 0 Å². The number of ketones is 1. The van der Waals surface area contributed by atoms with E-state index in [-0.39, 0.29) is 18.0 Å². The van der Waals surface area contributed by atoms with E-state index in [1.807, 2.05) is 6.92 Å². The molecule has 2 saturated carbocycles. The van der Waals surface area contributed by atoms with Gasteiger partial charge in [-0.05, 0) is 62.5 Å². The van der Waals surface area contributed by atoms with Crippen LogP contribution in [0.1, 0.15) is 107 Å². The van der Waals surface area contributed by atoms with Crippen LogP contribution < -0.4 is 0 Å². The van der Waals surface area contributed by atoms with E-state index in [1.54, 1.807) is 0 Å². The highest BCUT2D eigenvalue weighted by atomic mass is 16.5. The number of carbonyl (C=O) groups is 2. The summed E-state index contributed by atoms with van der Waals surface area (Å²) < 4.78 is 5.61. The Balaban J connectivity index is 1.41. The topological polar surface area (TPSA) is 43.4 Å². The van der Waals surface area contributed by atoms with Crippen LogP contribution in [0.4, 0.5) is 0 Å². The van der Waals surface area contributed by atoms with Gasteiger partial charge in [0.25, 0.3) is 0 Å². The molecule has 0 N–H and O–H groups in total. The van der Waals surface area contributed by atoms with Crippen molar-refractivity contribution in [3.05, 3.63) is 35.4 Å². The first-order valence-corrected chi connectivity index (χ1v) is 11.0. The summed E-state index contributed by atoms with van der Waals surface area (Å²) in [7, 11) is 0. The molecule has 1 aromatic rings. The van der Waals surface area contributed by atoms with Gasteiger partial charge in [-0.15, -0.1) is 0 Å². The van der Waals surface area contributed by atoms with Crippen molar-refractivity contribution in [3.8, 4) is 0 Å². The molecule has 3 nitrogen and oxygen atoms in total. The van der Waals surface area contributed by atoms with Crippen LogP contribution in [0.25, 0.3) is 0 Å². The minimum atomic E-state index is -0.214. The lowest BCUT2D eigenvalue weighted by Crippen LogP contribution is -2.19. The van der Waals surface area contributed by atoms with E-state index >= 15 is 0 Å². The van der Waals surface area contributed by atoms with Crippen LogP contribution in [0.15, 0.2) is 24.3 Å². The van der Waals surface area contributed by atoms with Gasteiger partial charge in [0.05, 0.1) is 0 Å². The standard InChI is InChI=1S/C24H34O3/c1-18(19-14-16-21(17-15-19)20-8-3-2-4-9-20)27-24(26)13-7-11-22-10-5-6-12-23(22)25/h14-18,20,22H,2-13H2,1H3/t18?,22-/m1/s1. The summed E-state index contributed by atoms with van der Waals surface area (Å²) in [5.41, 5.74) is 2.49. The fraction of sp³-hybridized carbons (Fsp3) is 0.667. The zero-order chi connectivity index (χ0) is 19.1. The van der Waals surface area contributed by atoms with Crippen molar-refractivity contribution in [1.29, 1.82) is 0 Å². The Bertz CT molecular complexity index is 613. The third-order valence-corrected chi connectivity index (χ3v) is 6.41. The number of Topliss-reactive ketones (excluding diaryl/α,β-unsaturated/α-hetero) is 1. The molecule has 0 radical (unpaired) electrons. The van der Waals surface area contributed by atoms with E-state index in [0.717, 1.165) is 44.1 Å². The molecule has 0 amide bonds. The van der Waals surface area contributed by atoms with E-state index in [4.69, 9.17) is 4.74 Å². The van der Waals surface area contributed by atoms with E-state index in [9.17, 15) is 9.59 Å². The molecule has 0 aromatic heterocycles. The summed E-state index contributed by atoms with van der Waals surface area (Å²) >= 11 is 0. The summed E-state index contributed by atoms with van der Waals surface area (Å²) in [5, 5.41) is 0. The molecule has 1 unspecified atom stereocenters.